The molecule has 0 spiro atoms. The maximum atomic E-state index is 5.51. The average Bonchev–Trinajstić information content (AvgIpc) is 2.37. The van der Waals surface area contributed by atoms with E-state index in [0.717, 1.165) is 22.3 Å². The van der Waals surface area contributed by atoms with E-state index in [4.69, 9.17) is 17.2 Å². The van der Waals surface area contributed by atoms with E-state index in [9.17, 15) is 0 Å². The SMILES string of the molecule is Cc1[nH]c(C2CCC(C(C)C)CC2)nc(=S)c1C(C)C. The van der Waals surface area contributed by atoms with Crippen LogP contribution in [0.3, 0.4) is 0 Å². The third-order valence-electron chi connectivity index (χ3n) is 4.85. The van der Waals surface area contributed by atoms with Crippen molar-refractivity contribution in [2.45, 2.75) is 72.1 Å². The topological polar surface area (TPSA) is 28.7 Å². The summed E-state index contributed by atoms with van der Waals surface area (Å²) in [7, 11) is 0. The second-order valence-electron chi connectivity index (χ2n) is 6.98. The van der Waals surface area contributed by atoms with E-state index >= 15 is 0 Å². The molecule has 112 valence electrons. The van der Waals surface area contributed by atoms with Gasteiger partial charge in [0.2, 0.25) is 0 Å². The highest BCUT2D eigenvalue weighted by Crippen LogP contribution is 2.37. The Morgan fingerprint density at radius 1 is 1.10 bits per heavy atom. The molecule has 0 saturated heterocycles. The molecule has 0 aromatic carbocycles. The predicted octanol–water partition coefficient (Wildman–Crippen LogP) is 5.50. The molecule has 2 rings (SSSR count). The van der Waals surface area contributed by atoms with Crippen LogP contribution in [0.4, 0.5) is 0 Å². The summed E-state index contributed by atoms with van der Waals surface area (Å²) in [5, 5.41) is 0. The number of aryl methyl sites for hydroxylation is 1. The summed E-state index contributed by atoms with van der Waals surface area (Å²) in [5.41, 5.74) is 2.42. The monoisotopic (exact) mass is 292 g/mol. The average molecular weight is 292 g/mol. The van der Waals surface area contributed by atoms with Gasteiger partial charge in [0.05, 0.1) is 0 Å². The first kappa shape index (κ1) is 15.7. The van der Waals surface area contributed by atoms with Crippen molar-refractivity contribution in [2.75, 3.05) is 0 Å². The van der Waals surface area contributed by atoms with Crippen molar-refractivity contribution in [3.05, 3.63) is 21.7 Å². The largest absolute Gasteiger partial charge is 0.347 e. The molecule has 1 aliphatic rings. The van der Waals surface area contributed by atoms with E-state index in [2.05, 4.69) is 39.6 Å². The molecule has 2 nitrogen and oxygen atoms in total. The van der Waals surface area contributed by atoms with Crippen molar-refractivity contribution < 1.29 is 0 Å². The Morgan fingerprint density at radius 3 is 2.15 bits per heavy atom. The Bertz CT molecular complexity index is 508. The summed E-state index contributed by atoms with van der Waals surface area (Å²) in [5.74, 6) is 3.85. The summed E-state index contributed by atoms with van der Waals surface area (Å²) in [4.78, 5) is 8.24. The number of aromatic amines is 1. The lowest BCUT2D eigenvalue weighted by Gasteiger charge is -2.30. The summed E-state index contributed by atoms with van der Waals surface area (Å²) >= 11 is 5.51. The zero-order valence-corrected chi connectivity index (χ0v) is 14.3. The van der Waals surface area contributed by atoms with Crippen LogP contribution < -0.4 is 0 Å². The molecule has 0 bridgehead atoms. The lowest BCUT2D eigenvalue weighted by molar-refractivity contribution is 0.254. The van der Waals surface area contributed by atoms with Crippen LogP contribution in [0, 0.1) is 23.4 Å². The molecule has 1 fully saturated rings. The van der Waals surface area contributed by atoms with Crippen LogP contribution in [0.5, 0.6) is 0 Å². The van der Waals surface area contributed by atoms with Crippen molar-refractivity contribution in [2.24, 2.45) is 11.8 Å². The van der Waals surface area contributed by atoms with Gasteiger partial charge in [0.1, 0.15) is 10.5 Å². The molecule has 0 aliphatic heterocycles. The van der Waals surface area contributed by atoms with Gasteiger partial charge in [0.25, 0.3) is 0 Å². The summed E-state index contributed by atoms with van der Waals surface area (Å²) in [6.07, 6.45) is 5.16. The van der Waals surface area contributed by atoms with E-state index < -0.39 is 0 Å². The summed E-state index contributed by atoms with van der Waals surface area (Å²) in [6, 6.07) is 0. The number of nitrogens with zero attached hydrogens (tertiary/aromatic N) is 1. The highest BCUT2D eigenvalue weighted by atomic mass is 32.1. The smallest absolute Gasteiger partial charge is 0.133 e. The number of aromatic nitrogens is 2. The van der Waals surface area contributed by atoms with Gasteiger partial charge in [-0.05, 0) is 50.4 Å². The molecule has 1 aromatic rings. The Hall–Kier alpha value is -0.700. The molecule has 1 N–H and O–H groups in total. The molecule has 1 aliphatic carbocycles. The van der Waals surface area contributed by atoms with Crippen molar-refractivity contribution in [3.8, 4) is 0 Å². The van der Waals surface area contributed by atoms with Gasteiger partial charge in [-0.15, -0.1) is 0 Å². The third-order valence-corrected chi connectivity index (χ3v) is 5.16. The fourth-order valence-corrected chi connectivity index (χ4v) is 4.04. The second kappa shape index (κ2) is 6.38. The van der Waals surface area contributed by atoms with Gasteiger partial charge in [-0.25, -0.2) is 4.98 Å². The highest BCUT2D eigenvalue weighted by Gasteiger charge is 2.26. The molecule has 0 atom stereocenters. The second-order valence-corrected chi connectivity index (χ2v) is 7.36. The van der Waals surface area contributed by atoms with Gasteiger partial charge < -0.3 is 4.98 Å². The van der Waals surface area contributed by atoms with E-state index in [1.54, 1.807) is 0 Å². The maximum Gasteiger partial charge on any atom is 0.133 e. The van der Waals surface area contributed by atoms with Crippen molar-refractivity contribution in [1.29, 1.82) is 0 Å². The molecular weight excluding hydrogens is 264 g/mol. The summed E-state index contributed by atoms with van der Waals surface area (Å²) < 4.78 is 0.803. The van der Waals surface area contributed by atoms with Crippen LogP contribution in [0.1, 0.15) is 82.3 Å². The van der Waals surface area contributed by atoms with Crippen molar-refractivity contribution >= 4 is 12.2 Å². The molecule has 0 radical (unpaired) electrons. The minimum Gasteiger partial charge on any atom is -0.347 e. The van der Waals surface area contributed by atoms with Crippen molar-refractivity contribution in [1.82, 2.24) is 9.97 Å². The van der Waals surface area contributed by atoms with Crippen LogP contribution in [0.2, 0.25) is 0 Å². The third kappa shape index (κ3) is 3.30. The molecular formula is C17H28N2S. The van der Waals surface area contributed by atoms with E-state index in [-0.39, 0.29) is 0 Å². The van der Waals surface area contributed by atoms with Crippen LogP contribution >= 0.6 is 12.2 Å². The zero-order chi connectivity index (χ0) is 14.9. The first-order valence-corrected chi connectivity index (χ1v) is 8.41. The first-order valence-electron chi connectivity index (χ1n) is 8.00. The van der Waals surface area contributed by atoms with Crippen LogP contribution in [0.15, 0.2) is 0 Å². The molecule has 1 heterocycles. The lowest BCUT2D eigenvalue weighted by atomic mass is 9.76. The molecule has 3 heteroatoms. The number of H-pyrrole nitrogens is 1. The standard InChI is InChI=1S/C17H28N2S/c1-10(2)13-6-8-14(9-7-13)16-18-12(5)15(11(3)4)17(20)19-16/h10-11,13-14H,6-9H2,1-5H3,(H,18,19,20). The normalized spacial score (nSPS) is 23.6. The highest BCUT2D eigenvalue weighted by molar-refractivity contribution is 7.71. The quantitative estimate of drug-likeness (QED) is 0.745. The molecule has 1 aromatic heterocycles. The van der Waals surface area contributed by atoms with E-state index in [0.29, 0.717) is 11.8 Å². The van der Waals surface area contributed by atoms with Gasteiger partial charge in [0, 0.05) is 17.2 Å². The fraction of sp³-hybridized carbons (Fsp3) is 0.765. The zero-order valence-electron chi connectivity index (χ0n) is 13.5. The predicted molar refractivity (Wildman–Crippen MR) is 87.8 cm³/mol. The minimum absolute atomic E-state index is 0.442. The fourth-order valence-electron chi connectivity index (χ4n) is 3.55. The van der Waals surface area contributed by atoms with Crippen LogP contribution in [-0.2, 0) is 0 Å². The maximum absolute atomic E-state index is 5.51. The van der Waals surface area contributed by atoms with Gasteiger partial charge in [-0.1, -0.05) is 39.9 Å². The van der Waals surface area contributed by atoms with Crippen molar-refractivity contribution in [3.63, 3.8) is 0 Å². The number of hydrogen-bond acceptors (Lipinski definition) is 2. The van der Waals surface area contributed by atoms with Gasteiger partial charge >= 0.3 is 0 Å². The molecule has 0 unspecified atom stereocenters. The van der Waals surface area contributed by atoms with Crippen LogP contribution in [-0.4, -0.2) is 9.97 Å². The van der Waals surface area contributed by atoms with E-state index in [1.165, 1.54) is 36.9 Å². The van der Waals surface area contributed by atoms with Gasteiger partial charge in [-0.3, -0.25) is 0 Å². The molecule has 20 heavy (non-hydrogen) atoms. The molecule has 1 saturated carbocycles. The van der Waals surface area contributed by atoms with E-state index in [1.807, 2.05) is 0 Å². The lowest BCUT2D eigenvalue weighted by Crippen LogP contribution is -2.19. The molecule has 0 amide bonds. The Morgan fingerprint density at radius 2 is 1.70 bits per heavy atom. The number of nitrogens with one attached hydrogen (secondary N) is 1. The van der Waals surface area contributed by atoms with Gasteiger partial charge in [-0.2, -0.15) is 0 Å². The Balaban J connectivity index is 2.17. The number of hydrogen-bond donors (Lipinski definition) is 1. The van der Waals surface area contributed by atoms with Gasteiger partial charge in [0.15, 0.2) is 0 Å². The van der Waals surface area contributed by atoms with Crippen LogP contribution in [0.25, 0.3) is 0 Å². The summed E-state index contributed by atoms with van der Waals surface area (Å²) in [6.45, 7) is 11.2. The first-order chi connectivity index (χ1) is 9.40. The minimum atomic E-state index is 0.442. The number of rotatable bonds is 3. The Labute approximate surface area is 128 Å². The Kier molecular flexibility index (Phi) is 5.00.